The van der Waals surface area contributed by atoms with Gasteiger partial charge in [-0.15, -0.1) is 0 Å². The number of carbonyl (C=O) groups is 1. The third kappa shape index (κ3) is 4.58. The number of carbonyl (C=O) groups excluding carboxylic acids is 1. The zero-order valence-corrected chi connectivity index (χ0v) is 12.9. The molecule has 1 N–H and O–H groups in total. The lowest BCUT2D eigenvalue weighted by Gasteiger charge is -2.18. The lowest BCUT2D eigenvalue weighted by atomic mass is 10.0. The molecule has 1 atom stereocenters. The Bertz CT molecular complexity index is 679. The van der Waals surface area contributed by atoms with Crippen LogP contribution in [-0.2, 0) is 23.9 Å². The first kappa shape index (κ1) is 17.1. The fourth-order valence-corrected chi connectivity index (χ4v) is 2.40. The Kier molecular flexibility index (Phi) is 5.08. The molecule has 2 rings (SSSR count). The maximum absolute atomic E-state index is 13.0. The summed E-state index contributed by atoms with van der Waals surface area (Å²) >= 11 is 0. The second kappa shape index (κ2) is 6.85. The van der Waals surface area contributed by atoms with E-state index in [4.69, 9.17) is 0 Å². The summed E-state index contributed by atoms with van der Waals surface area (Å²) in [5, 5.41) is 2.72. The zero-order valence-electron chi connectivity index (χ0n) is 12.9. The van der Waals surface area contributed by atoms with Gasteiger partial charge in [-0.05, 0) is 31.9 Å². The van der Waals surface area contributed by atoms with Crippen LogP contribution in [0.2, 0.25) is 0 Å². The summed E-state index contributed by atoms with van der Waals surface area (Å²) in [7, 11) is 0. The largest absolute Gasteiger partial charge is 0.416 e. The molecule has 0 fully saturated rings. The van der Waals surface area contributed by atoms with Crippen molar-refractivity contribution < 1.29 is 18.0 Å². The van der Waals surface area contributed by atoms with E-state index in [1.807, 2.05) is 0 Å². The monoisotopic (exact) mass is 325 g/mol. The Morgan fingerprint density at radius 1 is 1.35 bits per heavy atom. The summed E-state index contributed by atoms with van der Waals surface area (Å²) in [6, 6.07) is 5.00. The molecule has 7 heteroatoms. The Labute approximate surface area is 132 Å². The van der Waals surface area contributed by atoms with E-state index in [1.54, 1.807) is 36.9 Å². The van der Waals surface area contributed by atoms with Gasteiger partial charge in [0.2, 0.25) is 5.91 Å². The number of aryl methyl sites for hydroxylation is 1. The summed E-state index contributed by atoms with van der Waals surface area (Å²) < 4.78 is 40.6. The first-order valence-electron chi connectivity index (χ1n) is 7.19. The van der Waals surface area contributed by atoms with Gasteiger partial charge in [0.15, 0.2) is 0 Å². The maximum Gasteiger partial charge on any atom is 0.416 e. The zero-order chi connectivity index (χ0) is 17.0. The molecule has 1 unspecified atom stereocenters. The molecular formula is C16H18F3N3O. The van der Waals surface area contributed by atoms with Gasteiger partial charge in [-0.1, -0.05) is 18.2 Å². The molecule has 0 radical (unpaired) electrons. The highest BCUT2D eigenvalue weighted by Gasteiger charge is 2.33. The molecular weight excluding hydrogens is 307 g/mol. The van der Waals surface area contributed by atoms with Crippen molar-refractivity contribution in [3.8, 4) is 0 Å². The van der Waals surface area contributed by atoms with Gasteiger partial charge in [-0.25, -0.2) is 4.98 Å². The van der Waals surface area contributed by atoms with Gasteiger partial charge >= 0.3 is 6.18 Å². The van der Waals surface area contributed by atoms with E-state index in [9.17, 15) is 18.0 Å². The Hall–Kier alpha value is -2.31. The van der Waals surface area contributed by atoms with Crippen LogP contribution in [0, 0.1) is 6.92 Å². The smallest absolute Gasteiger partial charge is 0.352 e. The predicted octanol–water partition coefficient (Wildman–Crippen LogP) is 2.96. The number of alkyl halides is 3. The van der Waals surface area contributed by atoms with E-state index in [2.05, 4.69) is 10.3 Å². The highest BCUT2D eigenvalue weighted by atomic mass is 19.4. The van der Waals surface area contributed by atoms with Crippen LogP contribution in [0.1, 0.15) is 23.9 Å². The number of hydrogen-bond acceptors (Lipinski definition) is 2. The SMILES string of the molecule is Cc1nccn1CC(=O)NC(C)Cc1ccccc1C(F)(F)F. The second-order valence-electron chi connectivity index (χ2n) is 5.43. The van der Waals surface area contributed by atoms with Crippen molar-refractivity contribution in [2.24, 2.45) is 0 Å². The predicted molar refractivity (Wildman–Crippen MR) is 79.7 cm³/mol. The molecule has 0 aliphatic carbocycles. The van der Waals surface area contributed by atoms with Crippen molar-refractivity contribution in [3.05, 3.63) is 53.6 Å². The number of amides is 1. The minimum atomic E-state index is -4.39. The van der Waals surface area contributed by atoms with Crippen LogP contribution >= 0.6 is 0 Å². The van der Waals surface area contributed by atoms with Gasteiger partial charge in [-0.3, -0.25) is 4.79 Å². The number of halogens is 3. The highest BCUT2D eigenvalue weighted by Crippen LogP contribution is 2.32. The first-order valence-corrected chi connectivity index (χ1v) is 7.19. The normalized spacial score (nSPS) is 12.9. The number of imidazole rings is 1. The van der Waals surface area contributed by atoms with Crippen molar-refractivity contribution in [1.82, 2.24) is 14.9 Å². The van der Waals surface area contributed by atoms with Crippen molar-refractivity contribution in [2.45, 2.75) is 39.0 Å². The van der Waals surface area contributed by atoms with E-state index in [-0.39, 0.29) is 24.4 Å². The Morgan fingerprint density at radius 2 is 2.04 bits per heavy atom. The summed E-state index contributed by atoms with van der Waals surface area (Å²) in [5.41, 5.74) is -0.488. The van der Waals surface area contributed by atoms with Crippen molar-refractivity contribution >= 4 is 5.91 Å². The Balaban J connectivity index is 1.99. The van der Waals surface area contributed by atoms with E-state index < -0.39 is 17.8 Å². The van der Waals surface area contributed by atoms with Gasteiger partial charge in [0, 0.05) is 18.4 Å². The van der Waals surface area contributed by atoms with Crippen LogP contribution in [0.15, 0.2) is 36.7 Å². The number of benzene rings is 1. The van der Waals surface area contributed by atoms with Crippen LogP contribution in [0.5, 0.6) is 0 Å². The first-order chi connectivity index (χ1) is 10.8. The molecule has 0 bridgehead atoms. The van der Waals surface area contributed by atoms with E-state index >= 15 is 0 Å². The molecule has 124 valence electrons. The average Bonchev–Trinajstić information content (AvgIpc) is 2.83. The summed E-state index contributed by atoms with van der Waals surface area (Å²) in [6.07, 6.45) is -1.01. The van der Waals surface area contributed by atoms with Crippen LogP contribution < -0.4 is 5.32 Å². The number of hydrogen-bond donors (Lipinski definition) is 1. The molecule has 1 aromatic carbocycles. The molecule has 0 aliphatic heterocycles. The lowest BCUT2D eigenvalue weighted by molar-refractivity contribution is -0.138. The Morgan fingerprint density at radius 3 is 2.65 bits per heavy atom. The third-order valence-corrected chi connectivity index (χ3v) is 3.49. The van der Waals surface area contributed by atoms with Crippen molar-refractivity contribution in [2.75, 3.05) is 0 Å². The van der Waals surface area contributed by atoms with Crippen LogP contribution in [0.3, 0.4) is 0 Å². The molecule has 4 nitrogen and oxygen atoms in total. The topological polar surface area (TPSA) is 46.9 Å². The minimum absolute atomic E-state index is 0.0943. The summed E-state index contributed by atoms with van der Waals surface area (Å²) in [5.74, 6) is 0.443. The molecule has 1 amide bonds. The number of nitrogens with one attached hydrogen (secondary N) is 1. The molecule has 0 saturated heterocycles. The van der Waals surface area contributed by atoms with Crippen molar-refractivity contribution in [1.29, 1.82) is 0 Å². The van der Waals surface area contributed by atoms with E-state index in [1.165, 1.54) is 12.1 Å². The summed E-state index contributed by atoms with van der Waals surface area (Å²) in [4.78, 5) is 16.0. The molecule has 0 saturated carbocycles. The second-order valence-corrected chi connectivity index (χ2v) is 5.43. The average molecular weight is 325 g/mol. The van der Waals surface area contributed by atoms with Crippen LogP contribution in [-0.4, -0.2) is 21.5 Å². The molecule has 0 spiro atoms. The standard InChI is InChI=1S/C16H18F3N3O/c1-11(21-15(23)10-22-8-7-20-12(22)2)9-13-5-3-4-6-14(13)16(17,18)19/h3-8,11H,9-10H2,1-2H3,(H,21,23). The fraction of sp³-hybridized carbons (Fsp3) is 0.375. The van der Waals surface area contributed by atoms with Gasteiger partial charge in [0.1, 0.15) is 12.4 Å². The van der Waals surface area contributed by atoms with Crippen molar-refractivity contribution in [3.63, 3.8) is 0 Å². The minimum Gasteiger partial charge on any atom is -0.352 e. The summed E-state index contributed by atoms with van der Waals surface area (Å²) in [6.45, 7) is 3.55. The maximum atomic E-state index is 13.0. The highest BCUT2D eigenvalue weighted by molar-refractivity contribution is 5.76. The molecule has 1 heterocycles. The van der Waals surface area contributed by atoms with Gasteiger partial charge in [0.25, 0.3) is 0 Å². The molecule has 1 aromatic heterocycles. The third-order valence-electron chi connectivity index (χ3n) is 3.49. The van der Waals surface area contributed by atoms with Crippen LogP contribution in [0.4, 0.5) is 13.2 Å². The van der Waals surface area contributed by atoms with Gasteiger partial charge in [0.05, 0.1) is 5.56 Å². The molecule has 2 aromatic rings. The number of aromatic nitrogens is 2. The molecule has 0 aliphatic rings. The quantitative estimate of drug-likeness (QED) is 0.919. The van der Waals surface area contributed by atoms with E-state index in [0.29, 0.717) is 5.82 Å². The number of nitrogens with zero attached hydrogens (tertiary/aromatic N) is 2. The van der Waals surface area contributed by atoms with Gasteiger partial charge in [-0.2, -0.15) is 13.2 Å². The fourth-order valence-electron chi connectivity index (χ4n) is 2.40. The lowest BCUT2D eigenvalue weighted by Crippen LogP contribution is -2.36. The number of rotatable bonds is 5. The molecule has 23 heavy (non-hydrogen) atoms. The van der Waals surface area contributed by atoms with Gasteiger partial charge < -0.3 is 9.88 Å². The van der Waals surface area contributed by atoms with E-state index in [0.717, 1.165) is 6.07 Å². The van der Waals surface area contributed by atoms with Crippen LogP contribution in [0.25, 0.3) is 0 Å².